The van der Waals surface area contributed by atoms with Crippen LogP contribution in [-0.4, -0.2) is 10.4 Å². The molecule has 0 aliphatic carbocycles. The lowest BCUT2D eigenvalue weighted by atomic mass is 9.92. The van der Waals surface area contributed by atoms with Crippen LogP contribution in [0.3, 0.4) is 0 Å². The van der Waals surface area contributed by atoms with Crippen molar-refractivity contribution in [1.82, 2.24) is 4.57 Å². The molecule has 1 aromatic heterocycles. The Labute approximate surface area is 144 Å². The van der Waals surface area contributed by atoms with E-state index in [2.05, 4.69) is 55.7 Å². The molecular weight excluding hydrogens is 294 g/mol. The summed E-state index contributed by atoms with van der Waals surface area (Å²) in [4.78, 5) is 12.5. The molecule has 0 unspecified atom stereocenters. The third-order valence-corrected chi connectivity index (χ3v) is 4.46. The number of benzene rings is 2. The third kappa shape index (κ3) is 3.14. The molecule has 2 heteroatoms. The molecule has 24 heavy (non-hydrogen) atoms. The maximum absolute atomic E-state index is 12.5. The number of nitrogens with zero attached hydrogens (tertiary/aromatic N) is 1. The maximum Gasteiger partial charge on any atom is 0.162 e. The van der Waals surface area contributed by atoms with Crippen molar-refractivity contribution in [2.45, 2.75) is 40.7 Å². The minimum absolute atomic E-state index is 0.125. The number of Topliss-reactive ketones (excluding diaryl/α,β-unsaturated/α-hetero) is 1. The third-order valence-electron chi connectivity index (χ3n) is 4.46. The number of aryl methyl sites for hydroxylation is 1. The molecule has 2 nitrogen and oxygen atoms in total. The Morgan fingerprint density at radius 3 is 2.21 bits per heavy atom. The van der Waals surface area contributed by atoms with Crippen LogP contribution in [0.2, 0.25) is 0 Å². The van der Waals surface area contributed by atoms with E-state index in [-0.39, 0.29) is 11.2 Å². The Morgan fingerprint density at radius 2 is 1.58 bits per heavy atom. The van der Waals surface area contributed by atoms with E-state index in [4.69, 9.17) is 0 Å². The molecule has 0 radical (unpaired) electrons. The fraction of sp³-hybridized carbons (Fsp3) is 0.318. The van der Waals surface area contributed by atoms with Crippen molar-refractivity contribution in [3.8, 4) is 11.3 Å². The number of ketones is 1. The minimum atomic E-state index is 0.125. The molecule has 0 saturated carbocycles. The van der Waals surface area contributed by atoms with Crippen LogP contribution in [0.1, 0.15) is 44.5 Å². The molecule has 0 spiro atoms. The van der Waals surface area contributed by atoms with Gasteiger partial charge in [-0.25, -0.2) is 0 Å². The largest absolute Gasteiger partial charge is 0.340 e. The van der Waals surface area contributed by atoms with Gasteiger partial charge in [-0.05, 0) is 30.4 Å². The summed E-state index contributed by atoms with van der Waals surface area (Å²) in [7, 11) is 0. The maximum atomic E-state index is 12.5. The highest BCUT2D eigenvalue weighted by molar-refractivity contribution is 6.12. The Kier molecular flexibility index (Phi) is 4.31. The van der Waals surface area contributed by atoms with Gasteiger partial charge in [0.05, 0.1) is 11.3 Å². The summed E-state index contributed by atoms with van der Waals surface area (Å²) in [5, 5.41) is 1.05. The van der Waals surface area contributed by atoms with Gasteiger partial charge in [-0.1, -0.05) is 69.3 Å². The smallest absolute Gasteiger partial charge is 0.162 e. The first-order chi connectivity index (χ1) is 11.4. The van der Waals surface area contributed by atoms with E-state index in [1.54, 1.807) is 6.92 Å². The second-order valence-corrected chi connectivity index (χ2v) is 7.63. The summed E-state index contributed by atoms with van der Waals surface area (Å²) in [6.07, 6.45) is 1.06. The van der Waals surface area contributed by atoms with E-state index < -0.39 is 0 Å². The van der Waals surface area contributed by atoms with Crippen LogP contribution < -0.4 is 0 Å². The van der Waals surface area contributed by atoms with Crippen LogP contribution in [0.25, 0.3) is 22.2 Å². The zero-order valence-electron chi connectivity index (χ0n) is 15.0. The van der Waals surface area contributed by atoms with Gasteiger partial charge in [-0.2, -0.15) is 0 Å². The number of carbonyl (C=O) groups is 1. The molecule has 0 atom stereocenters. The molecule has 2 aromatic carbocycles. The van der Waals surface area contributed by atoms with Gasteiger partial charge >= 0.3 is 0 Å². The predicted molar refractivity (Wildman–Crippen MR) is 101 cm³/mol. The van der Waals surface area contributed by atoms with Gasteiger partial charge in [0, 0.05) is 17.4 Å². The van der Waals surface area contributed by atoms with Crippen LogP contribution in [0.5, 0.6) is 0 Å². The number of fused-ring (bicyclic) bond motifs is 1. The Morgan fingerprint density at radius 1 is 0.958 bits per heavy atom. The van der Waals surface area contributed by atoms with Gasteiger partial charge in [0.15, 0.2) is 5.78 Å². The van der Waals surface area contributed by atoms with Gasteiger partial charge in [-0.15, -0.1) is 0 Å². The van der Waals surface area contributed by atoms with E-state index in [1.807, 2.05) is 24.3 Å². The molecule has 0 aliphatic rings. The van der Waals surface area contributed by atoms with Gasteiger partial charge in [0.25, 0.3) is 0 Å². The van der Waals surface area contributed by atoms with Crippen LogP contribution >= 0.6 is 0 Å². The van der Waals surface area contributed by atoms with Gasteiger partial charge in [-0.3, -0.25) is 4.79 Å². The second kappa shape index (κ2) is 6.27. The Bertz CT molecular complexity index is 866. The number of hydrogen-bond acceptors (Lipinski definition) is 1. The Balaban J connectivity index is 2.29. The molecule has 3 rings (SSSR count). The summed E-state index contributed by atoms with van der Waals surface area (Å²) in [5.74, 6) is 0.125. The molecule has 0 aliphatic heterocycles. The molecule has 124 valence electrons. The average molecular weight is 319 g/mol. The first-order valence-electron chi connectivity index (χ1n) is 8.56. The number of hydrogen-bond donors (Lipinski definition) is 0. The summed E-state index contributed by atoms with van der Waals surface area (Å²) in [6, 6.07) is 18.5. The number of aromatic nitrogens is 1. The van der Waals surface area contributed by atoms with Crippen molar-refractivity contribution >= 4 is 16.7 Å². The zero-order chi connectivity index (χ0) is 17.3. The fourth-order valence-corrected chi connectivity index (χ4v) is 3.24. The van der Waals surface area contributed by atoms with Gasteiger partial charge < -0.3 is 4.57 Å². The standard InChI is InChI=1S/C22H25NO/c1-16(24)20-18-12-8-9-13-19(18)23(15-14-22(2,3)4)21(20)17-10-6-5-7-11-17/h5-13H,14-15H2,1-4H3. The summed E-state index contributed by atoms with van der Waals surface area (Å²) < 4.78 is 2.33. The molecule has 0 amide bonds. The number of para-hydroxylation sites is 1. The van der Waals surface area contributed by atoms with Gasteiger partial charge in [0.2, 0.25) is 0 Å². The van der Waals surface area contributed by atoms with Gasteiger partial charge in [0.1, 0.15) is 0 Å². The monoisotopic (exact) mass is 319 g/mol. The molecule has 1 heterocycles. The van der Waals surface area contributed by atoms with Crippen LogP contribution in [-0.2, 0) is 6.54 Å². The van der Waals surface area contributed by atoms with E-state index >= 15 is 0 Å². The lowest BCUT2D eigenvalue weighted by Gasteiger charge is -2.20. The topological polar surface area (TPSA) is 22.0 Å². The molecule has 0 saturated heterocycles. The molecular formula is C22H25NO. The van der Waals surface area contributed by atoms with Crippen molar-refractivity contribution < 1.29 is 4.79 Å². The highest BCUT2D eigenvalue weighted by atomic mass is 16.1. The molecule has 3 aromatic rings. The van der Waals surface area contributed by atoms with Crippen LogP contribution in [0.15, 0.2) is 54.6 Å². The highest BCUT2D eigenvalue weighted by Crippen LogP contribution is 2.35. The lowest BCUT2D eigenvalue weighted by Crippen LogP contribution is -2.11. The first-order valence-corrected chi connectivity index (χ1v) is 8.56. The zero-order valence-corrected chi connectivity index (χ0v) is 15.0. The number of carbonyl (C=O) groups excluding carboxylic acids is 1. The Hall–Kier alpha value is -2.35. The fourth-order valence-electron chi connectivity index (χ4n) is 3.24. The van der Waals surface area contributed by atoms with Crippen molar-refractivity contribution in [3.63, 3.8) is 0 Å². The first kappa shape index (κ1) is 16.5. The summed E-state index contributed by atoms with van der Waals surface area (Å²) in [5.41, 5.74) is 4.38. The molecule has 0 N–H and O–H groups in total. The minimum Gasteiger partial charge on any atom is -0.340 e. The number of rotatable bonds is 4. The second-order valence-electron chi connectivity index (χ2n) is 7.63. The predicted octanol–water partition coefficient (Wildman–Crippen LogP) is 5.95. The van der Waals surface area contributed by atoms with Crippen LogP contribution in [0, 0.1) is 5.41 Å². The van der Waals surface area contributed by atoms with Crippen LogP contribution in [0.4, 0.5) is 0 Å². The highest BCUT2D eigenvalue weighted by Gasteiger charge is 2.22. The summed E-state index contributed by atoms with van der Waals surface area (Å²) >= 11 is 0. The molecule has 0 bridgehead atoms. The quantitative estimate of drug-likeness (QED) is 0.545. The van der Waals surface area contributed by atoms with E-state index in [0.717, 1.165) is 40.7 Å². The van der Waals surface area contributed by atoms with E-state index in [9.17, 15) is 4.79 Å². The van der Waals surface area contributed by atoms with Crippen molar-refractivity contribution in [2.75, 3.05) is 0 Å². The average Bonchev–Trinajstić information content (AvgIpc) is 2.87. The normalized spacial score (nSPS) is 11.8. The lowest BCUT2D eigenvalue weighted by molar-refractivity contribution is 0.101. The van der Waals surface area contributed by atoms with Crippen molar-refractivity contribution in [2.24, 2.45) is 5.41 Å². The molecule has 0 fully saturated rings. The SMILES string of the molecule is CC(=O)c1c(-c2ccccc2)n(CCC(C)(C)C)c2ccccc12. The van der Waals surface area contributed by atoms with E-state index in [0.29, 0.717) is 0 Å². The van der Waals surface area contributed by atoms with Crippen molar-refractivity contribution in [3.05, 3.63) is 60.2 Å². The summed E-state index contributed by atoms with van der Waals surface area (Å²) in [6.45, 7) is 9.34. The van der Waals surface area contributed by atoms with Crippen molar-refractivity contribution in [1.29, 1.82) is 0 Å². The van der Waals surface area contributed by atoms with E-state index in [1.165, 1.54) is 0 Å².